The van der Waals surface area contributed by atoms with Gasteiger partial charge in [-0.05, 0) is 50.8 Å². The molecule has 0 saturated carbocycles. The van der Waals surface area contributed by atoms with Crippen LogP contribution in [0.5, 0.6) is 0 Å². The molecule has 2 aromatic heterocycles. The van der Waals surface area contributed by atoms with Crippen molar-refractivity contribution in [1.29, 1.82) is 0 Å². The topological polar surface area (TPSA) is 104 Å². The van der Waals surface area contributed by atoms with Gasteiger partial charge in [-0.25, -0.2) is 0 Å². The number of aryl methyl sites for hydroxylation is 2. The second-order valence-corrected chi connectivity index (χ2v) is 7.17. The molecule has 1 aliphatic rings. The summed E-state index contributed by atoms with van der Waals surface area (Å²) in [5.74, 6) is 1.24. The van der Waals surface area contributed by atoms with Crippen LogP contribution >= 0.6 is 0 Å². The molecule has 4 rings (SSSR count). The Morgan fingerprint density at radius 3 is 2.57 bits per heavy atom. The minimum atomic E-state index is -0.322. The molecule has 3 aromatic rings. The molecular formula is C22H28N6O2. The van der Waals surface area contributed by atoms with Gasteiger partial charge in [0, 0.05) is 24.0 Å². The number of rotatable bonds is 4. The third-order valence-electron chi connectivity index (χ3n) is 4.89. The third kappa shape index (κ3) is 4.48. The fourth-order valence-corrected chi connectivity index (χ4v) is 3.45. The van der Waals surface area contributed by atoms with E-state index in [9.17, 15) is 9.59 Å². The normalized spacial score (nSPS) is 14.4. The molecule has 0 radical (unpaired) electrons. The lowest BCUT2D eigenvalue weighted by atomic mass is 10.1. The van der Waals surface area contributed by atoms with Gasteiger partial charge in [-0.2, -0.15) is 15.0 Å². The number of pyridine rings is 1. The van der Waals surface area contributed by atoms with Gasteiger partial charge in [0.15, 0.2) is 0 Å². The number of benzene rings is 1. The van der Waals surface area contributed by atoms with Crippen LogP contribution in [0.25, 0.3) is 10.9 Å². The number of anilines is 2. The highest BCUT2D eigenvalue weighted by molar-refractivity contribution is 5.93. The first kappa shape index (κ1) is 21.4. The highest BCUT2D eigenvalue weighted by Crippen LogP contribution is 2.22. The van der Waals surface area contributed by atoms with Crippen LogP contribution in [0.1, 0.15) is 56.6 Å². The summed E-state index contributed by atoms with van der Waals surface area (Å²) in [5, 5.41) is 4.15. The lowest BCUT2D eigenvalue weighted by molar-refractivity contribution is -0.117. The van der Waals surface area contributed by atoms with E-state index in [0.717, 1.165) is 22.9 Å². The van der Waals surface area contributed by atoms with E-state index in [1.165, 1.54) is 0 Å². The number of hydrogen-bond donors (Lipinski definition) is 2. The Morgan fingerprint density at radius 2 is 1.87 bits per heavy atom. The first-order valence-electron chi connectivity index (χ1n) is 10.3. The smallest absolute Gasteiger partial charge is 0.253 e. The Bertz CT molecular complexity index is 1120. The Kier molecular flexibility index (Phi) is 6.44. The molecule has 8 nitrogen and oxygen atoms in total. The number of aromatic amines is 1. The first-order valence-corrected chi connectivity index (χ1v) is 10.3. The zero-order valence-corrected chi connectivity index (χ0v) is 18.1. The summed E-state index contributed by atoms with van der Waals surface area (Å²) in [7, 11) is 0. The Hall–Kier alpha value is -3.29. The molecule has 1 fully saturated rings. The van der Waals surface area contributed by atoms with Crippen molar-refractivity contribution in [3.05, 3.63) is 51.6 Å². The average Bonchev–Trinajstić information content (AvgIpc) is 3.14. The summed E-state index contributed by atoms with van der Waals surface area (Å²) >= 11 is 0. The van der Waals surface area contributed by atoms with Gasteiger partial charge in [0.2, 0.25) is 17.8 Å². The highest BCUT2D eigenvalue weighted by atomic mass is 16.2. The standard InChI is InChI=1S/C20H22N6O2.C2H6/c1-11-6-7-16-14(9-11)10-15(18(28)24-16)12(2)21-19-22-13(3)23-20(25-19)26-8-4-5-17(26)27;1-2/h6-7,9-10,12H,4-5,8H2,1-3H3,(H,24,28)(H,21,22,23,25);1-2H3. The zero-order valence-electron chi connectivity index (χ0n) is 18.1. The number of hydrogen-bond acceptors (Lipinski definition) is 6. The summed E-state index contributed by atoms with van der Waals surface area (Å²) in [5.41, 5.74) is 2.36. The number of H-pyrrole nitrogens is 1. The maximum absolute atomic E-state index is 12.5. The molecule has 1 atom stereocenters. The van der Waals surface area contributed by atoms with Crippen LogP contribution in [-0.2, 0) is 4.79 Å². The molecule has 2 N–H and O–H groups in total. The van der Waals surface area contributed by atoms with Crippen LogP contribution in [0.3, 0.4) is 0 Å². The van der Waals surface area contributed by atoms with Crippen LogP contribution in [0.15, 0.2) is 29.1 Å². The molecule has 158 valence electrons. The van der Waals surface area contributed by atoms with Gasteiger partial charge >= 0.3 is 0 Å². The van der Waals surface area contributed by atoms with Crippen molar-refractivity contribution in [1.82, 2.24) is 19.9 Å². The van der Waals surface area contributed by atoms with Crippen molar-refractivity contribution in [3.63, 3.8) is 0 Å². The second-order valence-electron chi connectivity index (χ2n) is 7.17. The van der Waals surface area contributed by atoms with Gasteiger partial charge < -0.3 is 10.3 Å². The van der Waals surface area contributed by atoms with Crippen LogP contribution in [0, 0.1) is 13.8 Å². The highest BCUT2D eigenvalue weighted by Gasteiger charge is 2.25. The molecule has 1 amide bonds. The number of amides is 1. The van der Waals surface area contributed by atoms with Crippen LogP contribution in [0.4, 0.5) is 11.9 Å². The molecule has 8 heteroatoms. The predicted octanol–water partition coefficient (Wildman–Crippen LogP) is 3.66. The van der Waals surface area contributed by atoms with E-state index in [1.807, 2.05) is 52.0 Å². The van der Waals surface area contributed by atoms with E-state index >= 15 is 0 Å². The Morgan fingerprint density at radius 1 is 1.10 bits per heavy atom. The number of nitrogens with zero attached hydrogens (tertiary/aromatic N) is 4. The molecule has 1 saturated heterocycles. The predicted molar refractivity (Wildman–Crippen MR) is 119 cm³/mol. The summed E-state index contributed by atoms with van der Waals surface area (Å²) in [6.45, 7) is 10.3. The number of carbonyl (C=O) groups is 1. The first-order chi connectivity index (χ1) is 14.4. The van der Waals surface area contributed by atoms with Crippen LogP contribution in [-0.4, -0.2) is 32.4 Å². The minimum absolute atomic E-state index is 0.0194. The van der Waals surface area contributed by atoms with E-state index in [2.05, 4.69) is 25.3 Å². The van der Waals surface area contributed by atoms with Crippen molar-refractivity contribution in [2.45, 2.75) is 53.5 Å². The maximum atomic E-state index is 12.5. The lowest BCUT2D eigenvalue weighted by Gasteiger charge is -2.17. The number of carbonyl (C=O) groups excluding carboxylic acids is 1. The number of aromatic nitrogens is 4. The summed E-state index contributed by atoms with van der Waals surface area (Å²) in [6.07, 6.45) is 1.31. The molecule has 30 heavy (non-hydrogen) atoms. The molecule has 1 aliphatic heterocycles. The molecule has 1 unspecified atom stereocenters. The monoisotopic (exact) mass is 408 g/mol. The minimum Gasteiger partial charge on any atom is -0.347 e. The van der Waals surface area contributed by atoms with Crippen molar-refractivity contribution in [2.24, 2.45) is 0 Å². The third-order valence-corrected chi connectivity index (χ3v) is 4.89. The number of fused-ring (bicyclic) bond motifs is 1. The average molecular weight is 409 g/mol. The van der Waals surface area contributed by atoms with E-state index in [0.29, 0.717) is 36.3 Å². The van der Waals surface area contributed by atoms with Gasteiger partial charge in [-0.15, -0.1) is 0 Å². The van der Waals surface area contributed by atoms with E-state index < -0.39 is 0 Å². The Balaban J connectivity index is 0.00000124. The molecule has 3 heterocycles. The quantitative estimate of drug-likeness (QED) is 0.683. The summed E-state index contributed by atoms with van der Waals surface area (Å²) in [6, 6.07) is 7.47. The van der Waals surface area contributed by atoms with Gasteiger partial charge in [0.05, 0.1) is 6.04 Å². The van der Waals surface area contributed by atoms with E-state index in [1.54, 1.807) is 11.8 Å². The van der Waals surface area contributed by atoms with Crippen molar-refractivity contribution >= 4 is 28.7 Å². The fraction of sp³-hybridized carbons (Fsp3) is 0.409. The summed E-state index contributed by atoms with van der Waals surface area (Å²) in [4.78, 5) is 42.0. The SMILES string of the molecule is CC.Cc1ccc2[nH]c(=O)c(C(C)Nc3nc(C)nc(N4CCCC4=O)n3)cc2c1. The molecular weight excluding hydrogens is 380 g/mol. The molecule has 0 aliphatic carbocycles. The second kappa shape index (κ2) is 9.02. The van der Waals surface area contributed by atoms with Crippen molar-refractivity contribution < 1.29 is 4.79 Å². The summed E-state index contributed by atoms with van der Waals surface area (Å²) < 4.78 is 0. The Labute approximate surface area is 175 Å². The van der Waals surface area contributed by atoms with Gasteiger partial charge in [0.1, 0.15) is 5.82 Å². The maximum Gasteiger partial charge on any atom is 0.253 e. The van der Waals surface area contributed by atoms with Crippen molar-refractivity contribution in [2.75, 3.05) is 16.8 Å². The molecule has 0 bridgehead atoms. The zero-order chi connectivity index (χ0) is 21.8. The molecule has 0 spiro atoms. The van der Waals surface area contributed by atoms with Gasteiger partial charge in [-0.3, -0.25) is 14.5 Å². The van der Waals surface area contributed by atoms with Crippen molar-refractivity contribution in [3.8, 4) is 0 Å². The lowest BCUT2D eigenvalue weighted by Crippen LogP contribution is -2.27. The van der Waals surface area contributed by atoms with E-state index in [4.69, 9.17) is 0 Å². The van der Waals surface area contributed by atoms with Crippen LogP contribution in [0.2, 0.25) is 0 Å². The fourth-order valence-electron chi connectivity index (χ4n) is 3.45. The van der Waals surface area contributed by atoms with E-state index in [-0.39, 0.29) is 17.5 Å². The van der Waals surface area contributed by atoms with Crippen LogP contribution < -0.4 is 15.8 Å². The molecule has 1 aromatic carbocycles. The van der Waals surface area contributed by atoms with Gasteiger partial charge in [-0.1, -0.05) is 25.5 Å². The largest absolute Gasteiger partial charge is 0.347 e. The number of nitrogens with one attached hydrogen (secondary N) is 2. The van der Waals surface area contributed by atoms with Gasteiger partial charge in [0.25, 0.3) is 5.56 Å².